The van der Waals surface area contributed by atoms with E-state index >= 15 is 0 Å². The lowest BCUT2D eigenvalue weighted by atomic mass is 10.2. The minimum atomic E-state index is -0.459. The van der Waals surface area contributed by atoms with Crippen molar-refractivity contribution in [1.29, 1.82) is 0 Å². The van der Waals surface area contributed by atoms with Gasteiger partial charge in [-0.15, -0.1) is 0 Å². The van der Waals surface area contributed by atoms with E-state index in [1.807, 2.05) is 0 Å². The van der Waals surface area contributed by atoms with Crippen LogP contribution >= 0.6 is 15.9 Å². The van der Waals surface area contributed by atoms with Crippen LogP contribution in [-0.4, -0.2) is 43.4 Å². The van der Waals surface area contributed by atoms with Gasteiger partial charge in [-0.2, -0.15) is 0 Å². The third kappa shape index (κ3) is 4.12. The first-order chi connectivity index (χ1) is 9.01. The van der Waals surface area contributed by atoms with Gasteiger partial charge in [0.05, 0.1) is 22.1 Å². The van der Waals surface area contributed by atoms with E-state index in [2.05, 4.69) is 26.2 Å². The summed E-state index contributed by atoms with van der Waals surface area (Å²) in [4.78, 5) is 14.3. The molecule has 1 rings (SSSR count). The molecule has 0 saturated carbocycles. The number of nitrogens with one attached hydrogen (secondary N) is 1. The highest BCUT2D eigenvalue weighted by atomic mass is 79.9. The molecular formula is C11H16BrN3O4. The number of rotatable bonds is 7. The Morgan fingerprint density at radius 1 is 1.58 bits per heavy atom. The molecule has 0 bridgehead atoms. The van der Waals surface area contributed by atoms with E-state index in [1.54, 1.807) is 21.1 Å². The topological polar surface area (TPSA) is 86.5 Å². The molecule has 0 spiro atoms. The molecule has 0 fully saturated rings. The summed E-state index contributed by atoms with van der Waals surface area (Å²) in [5.74, 6) is 0.543. The highest BCUT2D eigenvalue weighted by Gasteiger charge is 2.17. The maximum absolute atomic E-state index is 10.8. The molecular weight excluding hydrogens is 318 g/mol. The van der Waals surface area contributed by atoms with Gasteiger partial charge in [0.1, 0.15) is 12.0 Å². The third-order valence-corrected chi connectivity index (χ3v) is 3.59. The van der Waals surface area contributed by atoms with E-state index in [1.165, 1.54) is 6.20 Å². The fraction of sp³-hybridized carbons (Fsp3) is 0.545. The molecule has 1 aromatic heterocycles. The lowest BCUT2D eigenvalue weighted by molar-refractivity contribution is -0.385. The number of nitrogens with zero attached hydrogens (tertiary/aromatic N) is 2. The van der Waals surface area contributed by atoms with Crippen molar-refractivity contribution in [1.82, 2.24) is 4.98 Å². The van der Waals surface area contributed by atoms with Gasteiger partial charge in [0.2, 0.25) is 0 Å². The molecule has 19 heavy (non-hydrogen) atoms. The Balaban J connectivity index is 2.80. The van der Waals surface area contributed by atoms with Crippen molar-refractivity contribution < 1.29 is 14.4 Å². The zero-order valence-corrected chi connectivity index (χ0v) is 12.6. The van der Waals surface area contributed by atoms with Crippen LogP contribution in [0.4, 0.5) is 11.5 Å². The van der Waals surface area contributed by atoms with Gasteiger partial charge in [-0.05, 0) is 22.9 Å². The van der Waals surface area contributed by atoms with Crippen LogP contribution in [0.15, 0.2) is 10.7 Å². The molecule has 1 aromatic rings. The molecule has 8 heteroatoms. The van der Waals surface area contributed by atoms with Crippen LogP contribution in [0.3, 0.4) is 0 Å². The number of anilines is 1. The van der Waals surface area contributed by atoms with Crippen molar-refractivity contribution in [3.8, 4) is 0 Å². The highest BCUT2D eigenvalue weighted by molar-refractivity contribution is 9.10. The molecule has 0 aliphatic carbocycles. The number of aromatic nitrogens is 1. The number of ether oxygens (including phenoxy) is 2. The van der Waals surface area contributed by atoms with Gasteiger partial charge in [-0.25, -0.2) is 4.98 Å². The van der Waals surface area contributed by atoms with Crippen LogP contribution < -0.4 is 5.32 Å². The van der Waals surface area contributed by atoms with Gasteiger partial charge in [0.15, 0.2) is 0 Å². The van der Waals surface area contributed by atoms with Crippen LogP contribution in [-0.2, 0) is 9.47 Å². The van der Waals surface area contributed by atoms with Crippen molar-refractivity contribution >= 4 is 27.4 Å². The summed E-state index contributed by atoms with van der Waals surface area (Å²) in [6, 6.07) is 0. The van der Waals surface area contributed by atoms with Crippen molar-refractivity contribution in [3.63, 3.8) is 0 Å². The summed E-state index contributed by atoms with van der Waals surface area (Å²) in [6.45, 7) is 2.61. The van der Waals surface area contributed by atoms with Gasteiger partial charge in [0, 0.05) is 26.3 Å². The van der Waals surface area contributed by atoms with Crippen LogP contribution in [0.2, 0.25) is 0 Å². The lowest BCUT2D eigenvalue weighted by Crippen LogP contribution is -2.27. The summed E-state index contributed by atoms with van der Waals surface area (Å²) < 4.78 is 10.8. The Hall–Kier alpha value is -1.25. The van der Waals surface area contributed by atoms with Gasteiger partial charge in [-0.3, -0.25) is 10.1 Å². The highest BCUT2D eigenvalue weighted by Crippen LogP contribution is 2.30. The molecule has 0 aliphatic rings. The summed E-state index contributed by atoms with van der Waals surface area (Å²) in [7, 11) is 3.19. The Labute approximate surface area is 119 Å². The number of methoxy groups -OCH3 is 2. The Bertz CT molecular complexity index is 456. The minimum absolute atomic E-state index is 0.0161. The maximum Gasteiger partial charge on any atom is 0.291 e. The summed E-state index contributed by atoms with van der Waals surface area (Å²) in [5, 5.41) is 13.8. The summed E-state index contributed by atoms with van der Waals surface area (Å²) in [6.07, 6.45) is 1.12. The Kier molecular flexibility index (Phi) is 6.13. The smallest absolute Gasteiger partial charge is 0.291 e. The molecule has 0 aliphatic heterocycles. The van der Waals surface area contributed by atoms with Crippen molar-refractivity contribution in [2.45, 2.75) is 13.0 Å². The van der Waals surface area contributed by atoms with E-state index in [0.717, 1.165) is 0 Å². The summed E-state index contributed by atoms with van der Waals surface area (Å²) in [5.41, 5.74) is 0.515. The average Bonchev–Trinajstić information content (AvgIpc) is 2.38. The molecule has 7 nitrogen and oxygen atoms in total. The first-order valence-electron chi connectivity index (χ1n) is 5.56. The van der Waals surface area contributed by atoms with Crippen LogP contribution in [0, 0.1) is 17.0 Å². The van der Waals surface area contributed by atoms with E-state index in [-0.39, 0.29) is 11.8 Å². The molecule has 106 valence electrons. The van der Waals surface area contributed by atoms with Gasteiger partial charge < -0.3 is 14.8 Å². The molecule has 1 heterocycles. The molecule has 1 N–H and O–H groups in total. The second-order valence-corrected chi connectivity index (χ2v) is 4.68. The fourth-order valence-electron chi connectivity index (χ4n) is 1.48. The van der Waals surface area contributed by atoms with Crippen LogP contribution in [0.1, 0.15) is 5.56 Å². The number of nitro groups is 1. The molecule has 1 atom stereocenters. The fourth-order valence-corrected chi connectivity index (χ4v) is 1.93. The Morgan fingerprint density at radius 2 is 2.26 bits per heavy atom. The van der Waals surface area contributed by atoms with Crippen molar-refractivity contribution in [3.05, 3.63) is 26.3 Å². The number of hydrogen-bond donors (Lipinski definition) is 1. The summed E-state index contributed by atoms with van der Waals surface area (Å²) >= 11 is 3.31. The van der Waals surface area contributed by atoms with E-state index < -0.39 is 4.92 Å². The first kappa shape index (κ1) is 15.8. The average molecular weight is 334 g/mol. The molecule has 0 saturated heterocycles. The second kappa shape index (κ2) is 7.37. The standard InChI is InChI=1S/C11H16BrN3O4/c1-7-9(15(16)17)5-14-11(10(7)12)13-4-8(19-3)6-18-2/h5,8H,4,6H2,1-3H3,(H,13,14). The van der Waals surface area contributed by atoms with Crippen molar-refractivity contribution in [2.24, 2.45) is 0 Å². The van der Waals surface area contributed by atoms with Gasteiger partial charge in [-0.1, -0.05) is 0 Å². The SMILES string of the molecule is COCC(CNc1ncc([N+](=O)[O-])c(C)c1Br)OC. The molecule has 0 aromatic carbocycles. The molecule has 0 radical (unpaired) electrons. The first-order valence-corrected chi connectivity index (χ1v) is 6.35. The molecule has 0 amide bonds. The normalized spacial score (nSPS) is 12.2. The van der Waals surface area contributed by atoms with E-state index in [0.29, 0.717) is 29.0 Å². The quantitative estimate of drug-likeness (QED) is 0.607. The predicted octanol–water partition coefficient (Wildman–Crippen LogP) is 2.13. The predicted molar refractivity (Wildman–Crippen MR) is 74.5 cm³/mol. The van der Waals surface area contributed by atoms with Gasteiger partial charge in [0.25, 0.3) is 5.69 Å². The maximum atomic E-state index is 10.8. The largest absolute Gasteiger partial charge is 0.382 e. The minimum Gasteiger partial charge on any atom is -0.382 e. The zero-order chi connectivity index (χ0) is 14.4. The van der Waals surface area contributed by atoms with Crippen LogP contribution in [0.25, 0.3) is 0 Å². The van der Waals surface area contributed by atoms with E-state index in [9.17, 15) is 10.1 Å². The molecule has 1 unspecified atom stereocenters. The van der Waals surface area contributed by atoms with Crippen molar-refractivity contribution in [2.75, 3.05) is 32.7 Å². The van der Waals surface area contributed by atoms with E-state index in [4.69, 9.17) is 9.47 Å². The third-order valence-electron chi connectivity index (χ3n) is 2.62. The second-order valence-electron chi connectivity index (χ2n) is 3.88. The number of halogens is 1. The zero-order valence-electron chi connectivity index (χ0n) is 11.0. The number of hydrogen-bond acceptors (Lipinski definition) is 6. The van der Waals surface area contributed by atoms with Gasteiger partial charge >= 0.3 is 0 Å². The lowest BCUT2D eigenvalue weighted by Gasteiger charge is -2.16. The Morgan fingerprint density at radius 3 is 2.79 bits per heavy atom. The van der Waals surface area contributed by atoms with Crippen LogP contribution in [0.5, 0.6) is 0 Å². The number of pyridine rings is 1. The monoisotopic (exact) mass is 333 g/mol.